The third kappa shape index (κ3) is 5.12. The maximum Gasteiger partial charge on any atom is 0.270 e. The van der Waals surface area contributed by atoms with E-state index >= 15 is 0 Å². The van der Waals surface area contributed by atoms with Crippen LogP contribution in [0.4, 0.5) is 0 Å². The molecule has 9 heteroatoms. The summed E-state index contributed by atoms with van der Waals surface area (Å²) in [6.45, 7) is 2.05. The molecule has 3 aromatic rings. The van der Waals surface area contributed by atoms with Gasteiger partial charge in [0.1, 0.15) is 0 Å². The highest BCUT2D eigenvalue weighted by Crippen LogP contribution is 2.17. The van der Waals surface area contributed by atoms with Gasteiger partial charge in [0.05, 0.1) is 10.5 Å². The Morgan fingerprint density at radius 2 is 1.50 bits per heavy atom. The van der Waals surface area contributed by atoms with E-state index in [0.717, 1.165) is 11.1 Å². The van der Waals surface area contributed by atoms with Crippen LogP contribution < -0.4 is 10.9 Å². The summed E-state index contributed by atoms with van der Waals surface area (Å²) in [5, 5.41) is 3.45. The number of carbonyl (C=O) groups excluding carboxylic acids is 2. The van der Waals surface area contributed by atoms with Crippen LogP contribution in [-0.2, 0) is 16.6 Å². The van der Waals surface area contributed by atoms with Gasteiger partial charge in [0.25, 0.3) is 11.8 Å². The Balaban J connectivity index is 1.60. The minimum atomic E-state index is -3.61. The molecule has 0 saturated heterocycles. The molecule has 0 saturated carbocycles. The number of sulfonamides is 1. The molecular formula is C21H21N3O4S2. The lowest BCUT2D eigenvalue weighted by Gasteiger charge is -2.17. The zero-order valence-electron chi connectivity index (χ0n) is 16.5. The van der Waals surface area contributed by atoms with E-state index in [-0.39, 0.29) is 11.4 Å². The number of nitrogens with zero attached hydrogens (tertiary/aromatic N) is 1. The number of thiophene rings is 1. The van der Waals surface area contributed by atoms with E-state index < -0.39 is 21.8 Å². The van der Waals surface area contributed by atoms with Gasteiger partial charge in [-0.2, -0.15) is 15.6 Å². The second-order valence-corrected chi connectivity index (χ2v) is 9.52. The average Bonchev–Trinajstić information content (AvgIpc) is 3.27. The Morgan fingerprint density at radius 3 is 2.07 bits per heavy atom. The molecule has 2 N–H and O–H groups in total. The van der Waals surface area contributed by atoms with E-state index in [0.29, 0.717) is 11.1 Å². The monoisotopic (exact) mass is 443 g/mol. The molecule has 0 unspecified atom stereocenters. The van der Waals surface area contributed by atoms with Gasteiger partial charge in [-0.05, 0) is 48.2 Å². The van der Waals surface area contributed by atoms with Crippen molar-refractivity contribution in [1.29, 1.82) is 0 Å². The Labute approximate surface area is 179 Å². The van der Waals surface area contributed by atoms with Crippen LogP contribution in [0.5, 0.6) is 0 Å². The van der Waals surface area contributed by atoms with E-state index in [1.807, 2.05) is 6.92 Å². The molecule has 0 bridgehead atoms. The molecule has 2 aromatic carbocycles. The van der Waals surface area contributed by atoms with Crippen LogP contribution in [0.15, 0.2) is 70.3 Å². The molecule has 30 heavy (non-hydrogen) atoms. The Morgan fingerprint density at radius 1 is 0.900 bits per heavy atom. The molecule has 2 amide bonds. The Bertz CT molecular complexity index is 1120. The molecule has 1 aromatic heterocycles. The lowest BCUT2D eigenvalue weighted by molar-refractivity contribution is 0.0847. The fourth-order valence-electron chi connectivity index (χ4n) is 2.65. The molecule has 0 radical (unpaired) electrons. The highest BCUT2D eigenvalue weighted by molar-refractivity contribution is 7.89. The minimum absolute atomic E-state index is 0.160. The fraction of sp³-hybridized carbons (Fsp3) is 0.143. The summed E-state index contributed by atoms with van der Waals surface area (Å²) < 4.78 is 26.6. The van der Waals surface area contributed by atoms with Crippen molar-refractivity contribution < 1.29 is 18.0 Å². The third-order valence-corrected chi connectivity index (χ3v) is 6.92. The number of hydrogen-bond donors (Lipinski definition) is 2. The lowest BCUT2D eigenvalue weighted by atomic mass is 10.1. The molecular weight excluding hydrogens is 422 g/mol. The van der Waals surface area contributed by atoms with Gasteiger partial charge in [-0.15, -0.1) is 0 Å². The van der Waals surface area contributed by atoms with E-state index in [4.69, 9.17) is 0 Å². The number of nitrogens with one attached hydrogen (secondary N) is 2. The first-order chi connectivity index (χ1) is 14.3. The molecule has 0 aliphatic heterocycles. The smallest absolute Gasteiger partial charge is 0.267 e. The van der Waals surface area contributed by atoms with Gasteiger partial charge in [0, 0.05) is 24.5 Å². The first kappa shape index (κ1) is 21.7. The van der Waals surface area contributed by atoms with Crippen LogP contribution in [0.25, 0.3) is 0 Å². The zero-order chi connectivity index (χ0) is 21.7. The van der Waals surface area contributed by atoms with E-state index in [1.165, 1.54) is 22.7 Å². The predicted octanol–water partition coefficient (Wildman–Crippen LogP) is 2.95. The van der Waals surface area contributed by atoms with Crippen molar-refractivity contribution in [2.24, 2.45) is 0 Å². The zero-order valence-corrected chi connectivity index (χ0v) is 18.1. The van der Waals surface area contributed by atoms with Crippen LogP contribution >= 0.6 is 11.3 Å². The summed E-state index contributed by atoms with van der Waals surface area (Å²) in [7, 11) is -2.10. The van der Waals surface area contributed by atoms with Gasteiger partial charge in [0.15, 0.2) is 0 Å². The van der Waals surface area contributed by atoms with Crippen LogP contribution in [-0.4, -0.2) is 31.6 Å². The van der Waals surface area contributed by atoms with E-state index in [1.54, 1.807) is 65.4 Å². The van der Waals surface area contributed by atoms with Crippen molar-refractivity contribution in [3.8, 4) is 0 Å². The number of benzene rings is 2. The van der Waals surface area contributed by atoms with Gasteiger partial charge in [0.2, 0.25) is 10.0 Å². The number of carbonyl (C=O) groups is 2. The lowest BCUT2D eigenvalue weighted by Crippen LogP contribution is -2.41. The normalized spacial score (nSPS) is 11.3. The molecule has 156 valence electrons. The molecule has 3 rings (SSSR count). The summed E-state index contributed by atoms with van der Waals surface area (Å²) in [5.74, 6) is -0.866. The highest BCUT2D eigenvalue weighted by Gasteiger charge is 2.20. The molecule has 7 nitrogen and oxygen atoms in total. The van der Waals surface area contributed by atoms with Crippen molar-refractivity contribution >= 4 is 33.2 Å². The number of hydrazine groups is 1. The van der Waals surface area contributed by atoms with Crippen LogP contribution in [0.2, 0.25) is 0 Å². The van der Waals surface area contributed by atoms with E-state index in [9.17, 15) is 18.0 Å². The molecule has 0 aliphatic carbocycles. The van der Waals surface area contributed by atoms with Crippen molar-refractivity contribution in [3.05, 3.63) is 87.6 Å². The summed E-state index contributed by atoms with van der Waals surface area (Å²) in [6, 6.07) is 14.8. The summed E-state index contributed by atoms with van der Waals surface area (Å²) in [6.07, 6.45) is 0. The first-order valence-corrected chi connectivity index (χ1v) is 11.4. The molecule has 0 atom stereocenters. The van der Waals surface area contributed by atoms with Crippen molar-refractivity contribution in [3.63, 3.8) is 0 Å². The van der Waals surface area contributed by atoms with Crippen LogP contribution in [0, 0.1) is 6.92 Å². The SMILES string of the molecule is Cc1ccc(S(=O)(=O)N(C)Cc2ccc(C(=O)NNC(=O)c3ccsc3)cc2)cc1. The minimum Gasteiger partial charge on any atom is -0.267 e. The topological polar surface area (TPSA) is 95.6 Å². The van der Waals surface area contributed by atoms with E-state index in [2.05, 4.69) is 10.9 Å². The van der Waals surface area contributed by atoms with Gasteiger partial charge >= 0.3 is 0 Å². The average molecular weight is 444 g/mol. The van der Waals surface area contributed by atoms with Gasteiger partial charge in [-0.3, -0.25) is 20.4 Å². The summed E-state index contributed by atoms with van der Waals surface area (Å²) in [5.41, 5.74) is 7.23. The summed E-state index contributed by atoms with van der Waals surface area (Å²) >= 11 is 1.39. The standard InChI is InChI=1S/C21H21N3O4S2/c1-15-3-9-19(10-4-15)30(27,28)24(2)13-16-5-7-17(8-6-16)20(25)22-23-21(26)18-11-12-29-14-18/h3-12,14H,13H2,1-2H3,(H,22,25)(H,23,26). The van der Waals surface area contributed by atoms with Gasteiger partial charge in [-0.1, -0.05) is 29.8 Å². The molecule has 1 heterocycles. The van der Waals surface area contributed by atoms with Crippen LogP contribution in [0.3, 0.4) is 0 Å². The highest BCUT2D eigenvalue weighted by atomic mass is 32.2. The Hall–Kier alpha value is -3.01. The van der Waals surface area contributed by atoms with Crippen molar-refractivity contribution in [2.75, 3.05) is 7.05 Å². The third-order valence-electron chi connectivity index (χ3n) is 4.42. The first-order valence-electron chi connectivity index (χ1n) is 9.02. The van der Waals surface area contributed by atoms with Crippen LogP contribution in [0.1, 0.15) is 31.8 Å². The van der Waals surface area contributed by atoms with Gasteiger partial charge in [-0.25, -0.2) is 8.42 Å². The molecule has 0 fully saturated rings. The maximum atomic E-state index is 12.7. The molecule has 0 aliphatic rings. The quantitative estimate of drug-likeness (QED) is 0.573. The number of hydrogen-bond acceptors (Lipinski definition) is 5. The number of amides is 2. The largest absolute Gasteiger partial charge is 0.270 e. The molecule has 0 spiro atoms. The van der Waals surface area contributed by atoms with Crippen molar-refractivity contribution in [2.45, 2.75) is 18.4 Å². The number of aryl methyl sites for hydroxylation is 1. The predicted molar refractivity (Wildman–Crippen MR) is 116 cm³/mol. The Kier molecular flexibility index (Phi) is 6.66. The van der Waals surface area contributed by atoms with Crippen molar-refractivity contribution in [1.82, 2.24) is 15.2 Å². The number of rotatable bonds is 6. The van der Waals surface area contributed by atoms with Gasteiger partial charge < -0.3 is 0 Å². The fourth-order valence-corrected chi connectivity index (χ4v) is 4.44. The summed E-state index contributed by atoms with van der Waals surface area (Å²) in [4.78, 5) is 24.3. The second kappa shape index (κ2) is 9.21. The maximum absolute atomic E-state index is 12.7. The second-order valence-electron chi connectivity index (χ2n) is 6.69.